The van der Waals surface area contributed by atoms with Gasteiger partial charge < -0.3 is 9.64 Å². The molecule has 1 aromatic rings. The summed E-state index contributed by atoms with van der Waals surface area (Å²) in [5.41, 5.74) is 8.66. The number of ether oxygens (including phenoxy) is 1. The minimum atomic E-state index is -0.488. The van der Waals surface area contributed by atoms with Gasteiger partial charge in [0.1, 0.15) is 0 Å². The topological polar surface area (TPSA) is 61.2 Å². The van der Waals surface area contributed by atoms with E-state index in [1.54, 1.807) is 6.07 Å². The van der Waals surface area contributed by atoms with Crippen molar-refractivity contribution in [1.82, 2.24) is 4.90 Å². The molecular weight excluding hydrogens is 247 g/mol. The first-order chi connectivity index (χ1) is 9.20. The minimum Gasteiger partial charge on any atom is -0.490 e. The lowest BCUT2D eigenvalue weighted by molar-refractivity contribution is 0.157. The molecule has 1 aliphatic heterocycles. The Kier molecular flexibility index (Phi) is 4.60. The standard InChI is InChI=1S/C13H17FN4O/c1-18-7-5-10(6-8-18)9-19-13-11(14)3-2-4-12(13)16-17-15/h2-4,10H,5-9H2,1H3. The van der Waals surface area contributed by atoms with Gasteiger partial charge in [0.05, 0.1) is 12.3 Å². The summed E-state index contributed by atoms with van der Waals surface area (Å²) in [7, 11) is 2.09. The molecule has 0 unspecified atom stereocenters. The van der Waals surface area contributed by atoms with Crippen LogP contribution in [0.25, 0.3) is 10.4 Å². The summed E-state index contributed by atoms with van der Waals surface area (Å²) < 4.78 is 19.2. The average molecular weight is 264 g/mol. The lowest BCUT2D eigenvalue weighted by Gasteiger charge is -2.28. The highest BCUT2D eigenvalue weighted by atomic mass is 19.1. The number of hydrogen-bond donors (Lipinski definition) is 0. The molecule has 1 aromatic carbocycles. The van der Waals surface area contributed by atoms with Crippen LogP contribution in [0.3, 0.4) is 0 Å². The van der Waals surface area contributed by atoms with Crippen LogP contribution in [-0.2, 0) is 0 Å². The SMILES string of the molecule is CN1CCC(COc2c(F)cccc2N=[N+]=[N-])CC1. The zero-order valence-corrected chi connectivity index (χ0v) is 10.9. The summed E-state index contributed by atoms with van der Waals surface area (Å²) >= 11 is 0. The van der Waals surface area contributed by atoms with Crippen LogP contribution < -0.4 is 4.74 Å². The molecule has 0 aliphatic carbocycles. The molecule has 2 rings (SSSR count). The van der Waals surface area contributed by atoms with Crippen molar-refractivity contribution >= 4 is 5.69 Å². The molecule has 102 valence electrons. The summed E-state index contributed by atoms with van der Waals surface area (Å²) in [6, 6.07) is 4.36. The number of hydrogen-bond acceptors (Lipinski definition) is 3. The molecule has 0 amide bonds. The molecule has 0 spiro atoms. The summed E-state index contributed by atoms with van der Waals surface area (Å²) in [6.07, 6.45) is 2.09. The van der Waals surface area contributed by atoms with Gasteiger partial charge in [0.2, 0.25) is 0 Å². The zero-order chi connectivity index (χ0) is 13.7. The Morgan fingerprint density at radius 2 is 2.21 bits per heavy atom. The Labute approximate surface area is 111 Å². The Morgan fingerprint density at radius 3 is 2.89 bits per heavy atom. The van der Waals surface area contributed by atoms with E-state index >= 15 is 0 Å². The number of nitrogens with zero attached hydrogens (tertiary/aromatic N) is 4. The van der Waals surface area contributed by atoms with Crippen molar-refractivity contribution in [3.8, 4) is 5.75 Å². The van der Waals surface area contributed by atoms with Crippen molar-refractivity contribution in [1.29, 1.82) is 0 Å². The molecule has 1 saturated heterocycles. The number of piperidine rings is 1. The number of likely N-dealkylation sites (tertiary alicyclic amines) is 1. The Hall–Kier alpha value is -1.78. The van der Waals surface area contributed by atoms with E-state index < -0.39 is 5.82 Å². The van der Waals surface area contributed by atoms with Gasteiger partial charge in [-0.25, -0.2) is 4.39 Å². The third kappa shape index (κ3) is 3.59. The lowest BCUT2D eigenvalue weighted by atomic mass is 9.98. The number of rotatable bonds is 4. The van der Waals surface area contributed by atoms with Crippen molar-refractivity contribution < 1.29 is 9.13 Å². The van der Waals surface area contributed by atoms with Crippen LogP contribution in [0, 0.1) is 11.7 Å². The van der Waals surface area contributed by atoms with E-state index in [1.807, 2.05) is 0 Å². The van der Waals surface area contributed by atoms with E-state index in [0.717, 1.165) is 25.9 Å². The smallest absolute Gasteiger partial charge is 0.165 e. The van der Waals surface area contributed by atoms with Crippen LogP contribution in [0.1, 0.15) is 12.8 Å². The highest BCUT2D eigenvalue weighted by Gasteiger charge is 2.18. The van der Waals surface area contributed by atoms with Crippen LogP contribution in [0.4, 0.5) is 10.1 Å². The molecule has 1 fully saturated rings. The molecule has 0 atom stereocenters. The zero-order valence-electron chi connectivity index (χ0n) is 10.9. The molecule has 0 saturated carbocycles. The van der Waals surface area contributed by atoms with Crippen LogP contribution in [0.15, 0.2) is 23.3 Å². The van der Waals surface area contributed by atoms with Crippen molar-refractivity contribution in [2.45, 2.75) is 12.8 Å². The van der Waals surface area contributed by atoms with E-state index in [9.17, 15) is 4.39 Å². The second-order valence-electron chi connectivity index (χ2n) is 4.84. The normalized spacial score (nSPS) is 16.9. The first-order valence-electron chi connectivity index (χ1n) is 6.35. The fourth-order valence-corrected chi connectivity index (χ4v) is 2.20. The number of para-hydroxylation sites is 1. The maximum atomic E-state index is 13.7. The second kappa shape index (κ2) is 6.41. The number of azide groups is 1. The fourth-order valence-electron chi connectivity index (χ4n) is 2.20. The predicted molar refractivity (Wildman–Crippen MR) is 70.9 cm³/mol. The maximum Gasteiger partial charge on any atom is 0.165 e. The predicted octanol–water partition coefficient (Wildman–Crippen LogP) is 3.49. The van der Waals surface area contributed by atoms with Gasteiger partial charge in [0, 0.05) is 4.91 Å². The van der Waals surface area contributed by atoms with Gasteiger partial charge >= 0.3 is 0 Å². The minimum absolute atomic E-state index is 0.0548. The molecule has 1 heterocycles. The van der Waals surface area contributed by atoms with E-state index in [1.165, 1.54) is 12.1 Å². The highest BCUT2D eigenvalue weighted by molar-refractivity contribution is 5.52. The maximum absolute atomic E-state index is 13.7. The van der Waals surface area contributed by atoms with Crippen LogP contribution in [0.5, 0.6) is 5.75 Å². The number of halogens is 1. The van der Waals surface area contributed by atoms with Gasteiger partial charge in [-0.15, -0.1) is 0 Å². The monoisotopic (exact) mass is 264 g/mol. The van der Waals surface area contributed by atoms with Crippen LogP contribution in [0.2, 0.25) is 0 Å². The third-order valence-corrected chi connectivity index (χ3v) is 3.40. The van der Waals surface area contributed by atoms with Crippen molar-refractivity contribution in [2.75, 3.05) is 26.7 Å². The Morgan fingerprint density at radius 1 is 1.47 bits per heavy atom. The van der Waals surface area contributed by atoms with Gasteiger partial charge in [-0.1, -0.05) is 11.2 Å². The molecular formula is C13H17FN4O. The summed E-state index contributed by atoms with van der Waals surface area (Å²) in [4.78, 5) is 4.95. The number of benzene rings is 1. The summed E-state index contributed by atoms with van der Waals surface area (Å²) in [5.74, 6) is -0.00761. The van der Waals surface area contributed by atoms with Gasteiger partial charge in [0.15, 0.2) is 11.6 Å². The van der Waals surface area contributed by atoms with E-state index in [2.05, 4.69) is 22.0 Å². The first-order valence-corrected chi connectivity index (χ1v) is 6.35. The third-order valence-electron chi connectivity index (χ3n) is 3.40. The van der Waals surface area contributed by atoms with Gasteiger partial charge in [-0.2, -0.15) is 0 Å². The van der Waals surface area contributed by atoms with Crippen molar-refractivity contribution in [2.24, 2.45) is 11.0 Å². The molecule has 19 heavy (non-hydrogen) atoms. The second-order valence-corrected chi connectivity index (χ2v) is 4.84. The van der Waals surface area contributed by atoms with Crippen molar-refractivity contribution in [3.63, 3.8) is 0 Å². The lowest BCUT2D eigenvalue weighted by Crippen LogP contribution is -2.32. The summed E-state index contributed by atoms with van der Waals surface area (Å²) in [6.45, 7) is 2.53. The van der Waals surface area contributed by atoms with Gasteiger partial charge in [-0.05, 0) is 56.6 Å². The van der Waals surface area contributed by atoms with E-state index in [-0.39, 0.29) is 11.4 Å². The van der Waals surface area contributed by atoms with Gasteiger partial charge in [-0.3, -0.25) is 0 Å². The molecule has 0 N–H and O–H groups in total. The molecule has 6 heteroatoms. The highest BCUT2D eigenvalue weighted by Crippen LogP contribution is 2.31. The largest absolute Gasteiger partial charge is 0.490 e. The average Bonchev–Trinajstić information content (AvgIpc) is 2.40. The molecule has 1 aliphatic rings. The van der Waals surface area contributed by atoms with E-state index in [0.29, 0.717) is 12.5 Å². The fraction of sp³-hybridized carbons (Fsp3) is 0.538. The molecule has 0 aromatic heterocycles. The molecule has 0 radical (unpaired) electrons. The Bertz CT molecular complexity index is 480. The van der Waals surface area contributed by atoms with Gasteiger partial charge in [0.25, 0.3) is 0 Å². The van der Waals surface area contributed by atoms with Crippen LogP contribution in [-0.4, -0.2) is 31.6 Å². The Balaban J connectivity index is 2.01. The first kappa shape index (κ1) is 13.6. The van der Waals surface area contributed by atoms with Crippen LogP contribution >= 0.6 is 0 Å². The summed E-state index contributed by atoms with van der Waals surface area (Å²) in [5, 5.41) is 3.45. The molecule has 5 nitrogen and oxygen atoms in total. The van der Waals surface area contributed by atoms with Crippen molar-refractivity contribution in [3.05, 3.63) is 34.5 Å². The molecule has 0 bridgehead atoms. The quantitative estimate of drug-likeness (QED) is 0.474. The van der Waals surface area contributed by atoms with E-state index in [4.69, 9.17) is 10.3 Å².